The molecular formula is C10H16N4O. The van der Waals surface area contributed by atoms with Crippen LogP contribution in [0, 0.1) is 0 Å². The smallest absolute Gasteiger partial charge is 0.228 e. The molecule has 1 aromatic rings. The highest BCUT2D eigenvalue weighted by molar-refractivity contribution is 5.78. The van der Waals surface area contributed by atoms with Gasteiger partial charge in [-0.15, -0.1) is 0 Å². The summed E-state index contributed by atoms with van der Waals surface area (Å²) in [5.74, 6) is 0.174. The normalized spacial score (nSPS) is 21.7. The van der Waals surface area contributed by atoms with Crippen molar-refractivity contribution in [2.45, 2.75) is 19.4 Å². The highest BCUT2D eigenvalue weighted by Crippen LogP contribution is 2.03. The Morgan fingerprint density at radius 2 is 2.60 bits per heavy atom. The van der Waals surface area contributed by atoms with Crippen molar-refractivity contribution in [2.24, 2.45) is 0 Å². The summed E-state index contributed by atoms with van der Waals surface area (Å²) in [7, 11) is 0. The predicted octanol–water partition coefficient (Wildman–Crippen LogP) is -0.227. The van der Waals surface area contributed by atoms with E-state index < -0.39 is 0 Å². The summed E-state index contributed by atoms with van der Waals surface area (Å²) in [4.78, 5) is 13.8. The summed E-state index contributed by atoms with van der Waals surface area (Å²) in [5.41, 5.74) is 0.881. The average Bonchev–Trinajstić information content (AvgIpc) is 2.70. The lowest BCUT2D eigenvalue weighted by atomic mass is 10.2. The second kappa shape index (κ2) is 4.44. The van der Waals surface area contributed by atoms with E-state index >= 15 is 0 Å². The Labute approximate surface area is 88.8 Å². The maximum Gasteiger partial charge on any atom is 0.228 e. The van der Waals surface area contributed by atoms with Crippen LogP contribution >= 0.6 is 0 Å². The van der Waals surface area contributed by atoms with Crippen LogP contribution in [0.1, 0.15) is 12.6 Å². The molecule has 1 saturated heterocycles. The highest BCUT2D eigenvalue weighted by atomic mass is 16.2. The number of rotatable bonds is 2. The molecular weight excluding hydrogens is 192 g/mol. The van der Waals surface area contributed by atoms with Crippen LogP contribution in [0.4, 0.5) is 0 Å². The van der Waals surface area contributed by atoms with Gasteiger partial charge in [0.15, 0.2) is 0 Å². The molecule has 2 heterocycles. The molecule has 0 aromatic carbocycles. The zero-order valence-corrected chi connectivity index (χ0v) is 8.86. The van der Waals surface area contributed by atoms with Crippen LogP contribution < -0.4 is 5.32 Å². The molecule has 0 radical (unpaired) electrons. The summed E-state index contributed by atoms with van der Waals surface area (Å²) in [6, 6.07) is 2.23. The van der Waals surface area contributed by atoms with Crippen molar-refractivity contribution in [3.63, 3.8) is 0 Å². The van der Waals surface area contributed by atoms with Gasteiger partial charge < -0.3 is 10.2 Å². The zero-order valence-electron chi connectivity index (χ0n) is 8.86. The first-order valence-corrected chi connectivity index (χ1v) is 5.25. The van der Waals surface area contributed by atoms with Crippen LogP contribution in [0.5, 0.6) is 0 Å². The Morgan fingerprint density at radius 3 is 3.27 bits per heavy atom. The van der Waals surface area contributed by atoms with Gasteiger partial charge in [0.25, 0.3) is 0 Å². The third-order valence-electron chi connectivity index (χ3n) is 2.62. The third kappa shape index (κ3) is 2.56. The molecule has 0 saturated carbocycles. The van der Waals surface area contributed by atoms with Gasteiger partial charge in [0, 0.05) is 37.6 Å². The summed E-state index contributed by atoms with van der Waals surface area (Å²) in [6.07, 6.45) is 2.09. The van der Waals surface area contributed by atoms with Crippen molar-refractivity contribution in [1.29, 1.82) is 0 Å². The van der Waals surface area contributed by atoms with Gasteiger partial charge in [0.05, 0.1) is 6.42 Å². The lowest BCUT2D eigenvalue weighted by molar-refractivity contribution is -0.131. The zero-order chi connectivity index (χ0) is 10.7. The Kier molecular flexibility index (Phi) is 3.01. The van der Waals surface area contributed by atoms with Gasteiger partial charge in [-0.2, -0.15) is 5.10 Å². The molecule has 0 bridgehead atoms. The molecule has 0 spiro atoms. The lowest BCUT2D eigenvalue weighted by Gasteiger charge is -2.31. The molecule has 0 aliphatic carbocycles. The first kappa shape index (κ1) is 10.2. The van der Waals surface area contributed by atoms with Crippen LogP contribution in [0.3, 0.4) is 0 Å². The molecule has 1 atom stereocenters. The molecule has 5 nitrogen and oxygen atoms in total. The molecule has 1 unspecified atom stereocenters. The van der Waals surface area contributed by atoms with E-state index in [0.717, 1.165) is 25.3 Å². The number of amides is 1. The molecule has 1 amide bonds. The van der Waals surface area contributed by atoms with Gasteiger partial charge >= 0.3 is 0 Å². The van der Waals surface area contributed by atoms with Crippen molar-refractivity contribution >= 4 is 5.91 Å². The first-order valence-electron chi connectivity index (χ1n) is 5.25. The fourth-order valence-corrected chi connectivity index (χ4v) is 1.82. The van der Waals surface area contributed by atoms with E-state index in [0.29, 0.717) is 12.5 Å². The molecule has 5 heteroatoms. The summed E-state index contributed by atoms with van der Waals surface area (Å²) >= 11 is 0. The lowest BCUT2D eigenvalue weighted by Crippen LogP contribution is -2.51. The Bertz CT molecular complexity index is 322. The van der Waals surface area contributed by atoms with Gasteiger partial charge in [-0.1, -0.05) is 0 Å². The van der Waals surface area contributed by atoms with E-state index in [1.165, 1.54) is 0 Å². The third-order valence-corrected chi connectivity index (χ3v) is 2.62. The summed E-state index contributed by atoms with van der Waals surface area (Å²) < 4.78 is 0. The standard InChI is InChI=1S/C10H16N4O/c1-8-7-14(5-4-11-8)10(15)6-9-2-3-12-13-9/h2-3,8,11H,4-7H2,1H3,(H,12,13). The number of aromatic amines is 1. The summed E-state index contributed by atoms with van der Waals surface area (Å²) in [5, 5.41) is 9.94. The number of aromatic nitrogens is 2. The van der Waals surface area contributed by atoms with Gasteiger partial charge in [0.1, 0.15) is 0 Å². The molecule has 1 aliphatic heterocycles. The highest BCUT2D eigenvalue weighted by Gasteiger charge is 2.20. The number of carbonyl (C=O) groups excluding carboxylic acids is 1. The molecule has 2 rings (SSSR count). The molecule has 1 fully saturated rings. The Balaban J connectivity index is 1.90. The predicted molar refractivity (Wildman–Crippen MR) is 56.3 cm³/mol. The fraction of sp³-hybridized carbons (Fsp3) is 0.600. The molecule has 1 aliphatic rings. The molecule has 15 heavy (non-hydrogen) atoms. The topological polar surface area (TPSA) is 61.0 Å². The number of H-pyrrole nitrogens is 1. The van der Waals surface area contributed by atoms with Crippen molar-refractivity contribution in [3.05, 3.63) is 18.0 Å². The van der Waals surface area contributed by atoms with Crippen LogP contribution in [0.25, 0.3) is 0 Å². The van der Waals surface area contributed by atoms with E-state index in [4.69, 9.17) is 0 Å². The van der Waals surface area contributed by atoms with E-state index in [2.05, 4.69) is 22.4 Å². The van der Waals surface area contributed by atoms with E-state index in [-0.39, 0.29) is 5.91 Å². The van der Waals surface area contributed by atoms with Gasteiger partial charge in [0.2, 0.25) is 5.91 Å². The Morgan fingerprint density at radius 1 is 1.73 bits per heavy atom. The summed E-state index contributed by atoms with van der Waals surface area (Å²) in [6.45, 7) is 4.58. The van der Waals surface area contributed by atoms with E-state index in [9.17, 15) is 4.79 Å². The van der Waals surface area contributed by atoms with Crippen LogP contribution in [-0.2, 0) is 11.2 Å². The first-order chi connectivity index (χ1) is 7.25. The van der Waals surface area contributed by atoms with Crippen molar-refractivity contribution in [3.8, 4) is 0 Å². The van der Waals surface area contributed by atoms with Crippen molar-refractivity contribution in [1.82, 2.24) is 20.4 Å². The average molecular weight is 208 g/mol. The maximum atomic E-state index is 11.9. The number of hydrogen-bond donors (Lipinski definition) is 2. The number of nitrogens with one attached hydrogen (secondary N) is 2. The maximum absolute atomic E-state index is 11.9. The quantitative estimate of drug-likeness (QED) is 0.706. The van der Waals surface area contributed by atoms with E-state index in [1.807, 2.05) is 11.0 Å². The minimum atomic E-state index is 0.174. The number of nitrogens with zero attached hydrogens (tertiary/aromatic N) is 2. The van der Waals surface area contributed by atoms with Crippen LogP contribution in [-0.4, -0.2) is 46.7 Å². The Hall–Kier alpha value is -1.36. The fourth-order valence-electron chi connectivity index (χ4n) is 1.82. The molecule has 2 N–H and O–H groups in total. The SMILES string of the molecule is CC1CN(C(=O)Cc2ccn[nH]2)CCN1. The van der Waals surface area contributed by atoms with Gasteiger partial charge in [-0.05, 0) is 13.0 Å². The number of carbonyl (C=O) groups is 1. The second-order valence-corrected chi connectivity index (χ2v) is 3.95. The van der Waals surface area contributed by atoms with Crippen LogP contribution in [0.2, 0.25) is 0 Å². The number of hydrogen-bond acceptors (Lipinski definition) is 3. The number of piperazine rings is 1. The van der Waals surface area contributed by atoms with Crippen molar-refractivity contribution in [2.75, 3.05) is 19.6 Å². The van der Waals surface area contributed by atoms with Gasteiger partial charge in [-0.25, -0.2) is 0 Å². The largest absolute Gasteiger partial charge is 0.340 e. The minimum Gasteiger partial charge on any atom is -0.340 e. The molecule has 82 valence electrons. The van der Waals surface area contributed by atoms with E-state index in [1.54, 1.807) is 6.20 Å². The minimum absolute atomic E-state index is 0.174. The second-order valence-electron chi connectivity index (χ2n) is 3.95. The van der Waals surface area contributed by atoms with Gasteiger partial charge in [-0.3, -0.25) is 9.89 Å². The molecule has 1 aromatic heterocycles. The monoisotopic (exact) mass is 208 g/mol. The van der Waals surface area contributed by atoms with Crippen LogP contribution in [0.15, 0.2) is 12.3 Å². The van der Waals surface area contributed by atoms with Crippen molar-refractivity contribution < 1.29 is 4.79 Å².